The summed E-state index contributed by atoms with van der Waals surface area (Å²) in [4.78, 5) is 37.7. The molecule has 0 spiro atoms. The number of nitrogens with zero attached hydrogens (tertiary/aromatic N) is 2. The Morgan fingerprint density at radius 3 is 2.12 bits per heavy atom. The van der Waals surface area contributed by atoms with Gasteiger partial charge in [-0.2, -0.15) is 0 Å². The van der Waals surface area contributed by atoms with Crippen molar-refractivity contribution in [3.63, 3.8) is 0 Å². The largest absolute Gasteiger partial charge is 0.465 e. The lowest BCUT2D eigenvalue weighted by molar-refractivity contribution is -0.146. The fourth-order valence-electron chi connectivity index (χ4n) is 2.20. The van der Waals surface area contributed by atoms with Crippen LogP contribution in [0.15, 0.2) is 18.0 Å². The number of carbonyl (C=O) groups is 3. The van der Waals surface area contributed by atoms with E-state index in [4.69, 9.17) is 14.2 Å². The molecule has 0 aliphatic carbocycles. The van der Waals surface area contributed by atoms with Crippen LogP contribution in [0.2, 0.25) is 0 Å². The van der Waals surface area contributed by atoms with E-state index in [0.29, 0.717) is 16.9 Å². The smallest absolute Gasteiger partial charge is 0.347 e. The van der Waals surface area contributed by atoms with E-state index in [1.54, 1.807) is 45.6 Å². The van der Waals surface area contributed by atoms with Crippen molar-refractivity contribution in [2.45, 2.75) is 20.8 Å². The summed E-state index contributed by atoms with van der Waals surface area (Å²) < 4.78 is 16.4. The van der Waals surface area contributed by atoms with Gasteiger partial charge >= 0.3 is 17.9 Å². The monoisotopic (exact) mass is 352 g/mol. The van der Waals surface area contributed by atoms with Crippen LogP contribution in [0.4, 0.5) is 5.69 Å². The van der Waals surface area contributed by atoms with E-state index < -0.39 is 17.9 Å². The Balaban J connectivity index is 3.35. The van der Waals surface area contributed by atoms with E-state index >= 15 is 0 Å². The maximum atomic E-state index is 12.1. The minimum atomic E-state index is -0.792. The number of hydrogen-bond donors (Lipinski definition) is 0. The van der Waals surface area contributed by atoms with Gasteiger partial charge in [0.2, 0.25) is 0 Å². The second kappa shape index (κ2) is 8.91. The van der Waals surface area contributed by atoms with Gasteiger partial charge in [-0.15, -0.1) is 0 Å². The molecule has 138 valence electrons. The number of aromatic nitrogens is 1. The molecule has 25 heavy (non-hydrogen) atoms. The Kier molecular flexibility index (Phi) is 7.22. The third kappa shape index (κ3) is 4.62. The van der Waals surface area contributed by atoms with Crippen molar-refractivity contribution >= 4 is 23.6 Å². The molecule has 8 nitrogen and oxygen atoms in total. The highest BCUT2D eigenvalue weighted by Crippen LogP contribution is 2.26. The fourth-order valence-corrected chi connectivity index (χ4v) is 2.20. The minimum Gasteiger partial charge on any atom is -0.465 e. The Hall–Kier alpha value is -2.77. The molecule has 0 bridgehead atoms. The predicted octanol–water partition coefficient (Wildman–Crippen LogP) is 1.57. The molecule has 0 unspecified atom stereocenters. The summed E-state index contributed by atoms with van der Waals surface area (Å²) in [6.07, 6.45) is 2.99. The van der Waals surface area contributed by atoms with Gasteiger partial charge in [0, 0.05) is 32.2 Å². The van der Waals surface area contributed by atoms with Crippen LogP contribution in [0.5, 0.6) is 0 Å². The second-order valence-electron chi connectivity index (χ2n) is 5.17. The van der Waals surface area contributed by atoms with E-state index in [2.05, 4.69) is 0 Å². The number of carbonyl (C=O) groups excluding carboxylic acids is 3. The lowest BCUT2D eigenvalue weighted by atomic mass is 10.2. The van der Waals surface area contributed by atoms with E-state index in [-0.39, 0.29) is 18.8 Å². The van der Waals surface area contributed by atoms with Crippen LogP contribution >= 0.6 is 0 Å². The van der Waals surface area contributed by atoms with E-state index in [9.17, 15) is 14.4 Å². The maximum absolute atomic E-state index is 12.1. The van der Waals surface area contributed by atoms with Crippen molar-refractivity contribution < 1.29 is 28.6 Å². The van der Waals surface area contributed by atoms with Gasteiger partial charge in [-0.3, -0.25) is 0 Å². The summed E-state index contributed by atoms with van der Waals surface area (Å²) in [5, 5.41) is 0. The van der Waals surface area contributed by atoms with Gasteiger partial charge in [-0.1, -0.05) is 0 Å². The van der Waals surface area contributed by atoms with Crippen LogP contribution in [-0.4, -0.2) is 49.8 Å². The minimum absolute atomic E-state index is 0.122. The van der Waals surface area contributed by atoms with Crippen LogP contribution in [0.25, 0.3) is 0 Å². The fraction of sp³-hybridized carbons (Fsp3) is 0.471. The van der Waals surface area contributed by atoms with E-state index in [1.807, 2.05) is 0 Å². The summed E-state index contributed by atoms with van der Waals surface area (Å²) in [5.41, 5.74) is 1.26. The first kappa shape index (κ1) is 20.3. The first-order chi connectivity index (χ1) is 11.8. The van der Waals surface area contributed by atoms with Gasteiger partial charge in [0.25, 0.3) is 0 Å². The molecule has 0 N–H and O–H groups in total. The molecule has 8 heteroatoms. The quantitative estimate of drug-likeness (QED) is 0.242. The van der Waals surface area contributed by atoms with Crippen LogP contribution in [0, 0.1) is 6.92 Å². The van der Waals surface area contributed by atoms with Crippen molar-refractivity contribution in [1.29, 1.82) is 0 Å². The van der Waals surface area contributed by atoms with Crippen molar-refractivity contribution in [2.75, 3.05) is 32.3 Å². The Bertz CT molecular complexity index is 670. The van der Waals surface area contributed by atoms with Gasteiger partial charge in [0.05, 0.1) is 26.0 Å². The van der Waals surface area contributed by atoms with Gasteiger partial charge < -0.3 is 23.7 Å². The molecular weight excluding hydrogens is 328 g/mol. The number of aryl methyl sites for hydroxylation is 1. The molecular formula is C17H24N2O6. The molecule has 1 rings (SSSR count). The number of rotatable bonds is 7. The third-order valence-corrected chi connectivity index (χ3v) is 3.55. The molecule has 1 heterocycles. The third-order valence-electron chi connectivity index (χ3n) is 3.55. The van der Waals surface area contributed by atoms with Crippen LogP contribution in [0.1, 0.15) is 29.9 Å². The number of ether oxygens (including phenoxy) is 3. The van der Waals surface area contributed by atoms with E-state index in [0.717, 1.165) is 0 Å². The first-order valence-corrected chi connectivity index (χ1v) is 7.81. The number of methoxy groups -OCH3 is 1. The van der Waals surface area contributed by atoms with Gasteiger partial charge in [-0.05, 0) is 20.8 Å². The topological polar surface area (TPSA) is 87.1 Å². The van der Waals surface area contributed by atoms with Gasteiger partial charge in [-0.25, -0.2) is 14.4 Å². The average molecular weight is 352 g/mol. The van der Waals surface area contributed by atoms with Crippen LogP contribution in [-0.2, 0) is 30.8 Å². The van der Waals surface area contributed by atoms with Crippen LogP contribution < -0.4 is 4.90 Å². The zero-order valence-corrected chi connectivity index (χ0v) is 15.4. The number of anilines is 1. The summed E-state index contributed by atoms with van der Waals surface area (Å²) in [5.74, 6) is -2.10. The van der Waals surface area contributed by atoms with Gasteiger partial charge in [0.1, 0.15) is 5.56 Å². The van der Waals surface area contributed by atoms with Crippen molar-refractivity contribution in [3.05, 3.63) is 29.2 Å². The molecule has 1 aromatic rings. The molecule has 0 aliphatic rings. The zero-order valence-electron chi connectivity index (χ0n) is 15.4. The molecule has 0 fully saturated rings. The molecule has 0 saturated heterocycles. The average Bonchev–Trinajstić information content (AvgIpc) is 2.87. The van der Waals surface area contributed by atoms with Crippen molar-refractivity contribution in [1.82, 2.24) is 4.57 Å². The normalized spacial score (nSPS) is 10.0. The summed E-state index contributed by atoms with van der Waals surface area (Å²) in [6.45, 7) is 5.29. The summed E-state index contributed by atoms with van der Waals surface area (Å²) in [6, 6.07) is 0. The highest BCUT2D eigenvalue weighted by Gasteiger charge is 2.25. The highest BCUT2D eigenvalue weighted by atomic mass is 16.6. The standard InChI is InChI=1S/C17H24N2O6/c1-7-24-15(20)12(16(21)25-8-2)9-19(5)13-10-18(4)11(3)14(13)17(22)23-6/h9-10H,7-8H2,1-6H3. The lowest BCUT2D eigenvalue weighted by Crippen LogP contribution is -2.23. The summed E-state index contributed by atoms with van der Waals surface area (Å²) in [7, 11) is 4.68. The first-order valence-electron chi connectivity index (χ1n) is 7.81. The molecule has 0 amide bonds. The Morgan fingerprint density at radius 2 is 1.68 bits per heavy atom. The van der Waals surface area contributed by atoms with Crippen molar-refractivity contribution in [3.8, 4) is 0 Å². The molecule has 0 radical (unpaired) electrons. The SMILES string of the molecule is CCOC(=O)C(=CN(C)c1cn(C)c(C)c1C(=O)OC)C(=O)OCC. The second-order valence-corrected chi connectivity index (χ2v) is 5.17. The predicted molar refractivity (Wildman–Crippen MR) is 91.2 cm³/mol. The van der Waals surface area contributed by atoms with Crippen molar-refractivity contribution in [2.24, 2.45) is 7.05 Å². The van der Waals surface area contributed by atoms with Crippen LogP contribution in [0.3, 0.4) is 0 Å². The molecule has 0 aliphatic heterocycles. The molecule has 0 atom stereocenters. The van der Waals surface area contributed by atoms with E-state index in [1.165, 1.54) is 18.2 Å². The lowest BCUT2D eigenvalue weighted by Gasteiger charge is -2.16. The number of hydrogen-bond acceptors (Lipinski definition) is 7. The Labute approximate surface area is 146 Å². The summed E-state index contributed by atoms with van der Waals surface area (Å²) >= 11 is 0. The zero-order chi connectivity index (χ0) is 19.1. The Morgan fingerprint density at radius 1 is 1.16 bits per heavy atom. The maximum Gasteiger partial charge on any atom is 0.347 e. The van der Waals surface area contributed by atoms with Gasteiger partial charge in [0.15, 0.2) is 5.57 Å². The molecule has 1 aromatic heterocycles. The molecule has 0 aromatic carbocycles. The number of esters is 3. The molecule has 0 saturated carbocycles. The highest BCUT2D eigenvalue weighted by molar-refractivity contribution is 6.14.